The highest BCUT2D eigenvalue weighted by Crippen LogP contribution is 2.57. The summed E-state index contributed by atoms with van der Waals surface area (Å²) in [7, 11) is -12.0. The van der Waals surface area contributed by atoms with Crippen molar-refractivity contribution in [3.63, 3.8) is 0 Å². The third-order valence-electron chi connectivity index (χ3n) is 26.7. The first-order valence-corrected chi connectivity index (χ1v) is 54.7. The van der Waals surface area contributed by atoms with Gasteiger partial charge in [-0.15, -0.1) is 0 Å². The van der Waals surface area contributed by atoms with E-state index in [0.29, 0.717) is 18.4 Å². The summed E-state index contributed by atoms with van der Waals surface area (Å²) in [4.78, 5) is 118. The van der Waals surface area contributed by atoms with Crippen molar-refractivity contribution >= 4 is 57.0 Å². The molecule has 0 saturated carbocycles. The number of amides is 7. The van der Waals surface area contributed by atoms with E-state index in [0.717, 1.165) is 170 Å². The van der Waals surface area contributed by atoms with Crippen molar-refractivity contribution in [3.05, 3.63) is 128 Å². The van der Waals surface area contributed by atoms with Crippen molar-refractivity contribution in [2.24, 2.45) is 0 Å². The number of phosphoric ester groups is 2. The fourth-order valence-electron chi connectivity index (χ4n) is 18.5. The summed E-state index contributed by atoms with van der Waals surface area (Å²) < 4.78 is 109. The van der Waals surface area contributed by atoms with E-state index in [2.05, 4.69) is 172 Å². The first kappa shape index (κ1) is 131. The van der Waals surface area contributed by atoms with Gasteiger partial charge in [-0.05, 0) is 218 Å². The molecule has 0 aliphatic carbocycles. The molecule has 150 heavy (non-hydrogen) atoms. The minimum Gasteiger partial charge on any atom is -0.756 e. The van der Waals surface area contributed by atoms with Crippen LogP contribution in [0.1, 0.15) is 267 Å². The Balaban J connectivity index is 1.01. The number of rotatable bonds is 59. The van der Waals surface area contributed by atoms with Gasteiger partial charge in [0, 0.05) is 48.5 Å². The van der Waals surface area contributed by atoms with E-state index in [9.17, 15) is 109 Å². The standard InChI is InChI=1S/C105H173N7O36P2/c1-58(2)31-21-32-59(3)33-22-34-60(4)35-23-36-61(5)37-24-38-62(6)39-25-40-63(7)41-26-42-64(8)43-27-44-65(9)45-28-46-66(10)47-29-48-67(11)49-30-50-68(12)51-52-135-149(131,132)148-150(133,134)147-105-88(112-76(20)124)99(82(69(13)136-105)106-70(14)118)146-104-87(111-75(19)123)94(130)98(81(57-117)141-104)145-103-86(110-74(18)122)93(129)97(80(56-116)140-103)144-102-85(109-73(17)121)92(128)96(79(55-115)139-102)143-101-84(108-72(16)120)91(127)95(78(54-114)138-101)142-100-83(107-71(15)119)90(126)89(125)77(53-113)137-100/h31,33,35,37,39,41,43,45,47,49,51,69,77-105,113-117,125-130H,21-30,32,34,36,38,40,42,44,46,48,50,52-57H2,1-20H3,(H,106,118)(H,107,119)(H,108,120)(H,109,121)(H,110,122)(H,111,123)(H,112,124)(H,131,132)(H,133,134)/p-2/b59-33+,60-35+,61-37+,62-39-,63-41-,64-43-,65-45-,66-47-,67-49-,68-51-/t69-,77-,78-,79-,80-,81-,82-,83-,84-,85-,86-,87-,88-,89+,90-,91-,92-,93-,94-,95+,96+,97+,98+,99+,100-,101-,102-,103-,104-,105-/m1/s1. The number of hydrogen-bond acceptors (Lipinski definition) is 36. The molecule has 6 rings (SSSR count). The Morgan fingerprint density at radius 1 is 0.267 bits per heavy atom. The van der Waals surface area contributed by atoms with Crippen molar-refractivity contribution in [1.29, 1.82) is 0 Å². The SMILES string of the molecule is CC(=O)N[C@H]1[C@@H](O[C@@H]2[C@@H](NC(C)=O)[C@@H](OP(=O)([O-])OP(=O)([O-])OC/C=C(/C)CC/C=C(/C)CC/C=C(/C)CC/C=C(/C)CC/C=C(/C)CC/C=C(/C)CC/C=C(/C)CC/C=C(\C)CC/C=C(\C)CC/C=C(\C)CCC=C(C)C)O[C@H](C)[C@H]2NC(C)=O)O[C@H](CO)[C@H](O[C@H]2O[C@H](CO)[C@H](O[C@H]3O[C@H](CO)[C@H](O[C@H]4O[C@H](CO)[C@H](O[C@H]5O[C@H](CO)[C@H](O)[C@H](O)[C@H]5NC(C)=O)[C@H](O)[C@H]4NC(C)=O)[C@H](O)[C@H]3NC(C)=O)[C@H](O)[C@H]2NC(C)=O)[C@@H]1O. The predicted molar refractivity (Wildman–Crippen MR) is 549 cm³/mol. The maximum absolute atomic E-state index is 13.8. The fourth-order valence-corrected chi connectivity index (χ4v) is 20.5. The van der Waals surface area contributed by atoms with Crippen LogP contribution in [0.25, 0.3) is 0 Å². The van der Waals surface area contributed by atoms with E-state index in [1.165, 1.54) is 63.2 Å². The van der Waals surface area contributed by atoms with Crippen molar-refractivity contribution < 1.29 is 174 Å². The molecular weight excluding hydrogens is 2000 g/mol. The molecule has 0 aromatic rings. The zero-order valence-electron chi connectivity index (χ0n) is 90.6. The summed E-state index contributed by atoms with van der Waals surface area (Å²) in [5.74, 6) is -6.01. The minimum absolute atomic E-state index is 0.489. The highest BCUT2D eigenvalue weighted by atomic mass is 31.3. The molecule has 0 bridgehead atoms. The molecule has 6 fully saturated rings. The third kappa shape index (κ3) is 44.5. The Hall–Kier alpha value is -7.19. The van der Waals surface area contributed by atoms with Crippen LogP contribution in [0.3, 0.4) is 0 Å². The molecular formula is C105H171N7O36P2-2. The molecule has 43 nitrogen and oxygen atoms in total. The van der Waals surface area contributed by atoms with Gasteiger partial charge in [-0.1, -0.05) is 128 Å². The number of carbonyl (C=O) groups excluding carboxylic acids is 7. The normalized spacial score (nSPS) is 32.2. The molecule has 32 atom stereocenters. The van der Waals surface area contributed by atoms with Crippen LogP contribution in [0, 0.1) is 0 Å². The molecule has 854 valence electrons. The number of carbonyl (C=O) groups is 7. The van der Waals surface area contributed by atoms with Crippen LogP contribution in [-0.2, 0) is 108 Å². The summed E-state index contributed by atoms with van der Waals surface area (Å²) in [6.07, 6.45) is 0.807. The van der Waals surface area contributed by atoms with Crippen LogP contribution >= 0.6 is 15.6 Å². The molecule has 2 unspecified atom stereocenters. The largest absolute Gasteiger partial charge is 0.756 e. The zero-order valence-corrected chi connectivity index (χ0v) is 92.4. The van der Waals surface area contributed by atoms with Crippen molar-refractivity contribution in [1.82, 2.24) is 37.2 Å². The van der Waals surface area contributed by atoms with E-state index in [-0.39, 0.29) is 0 Å². The molecule has 0 spiro atoms. The second-order valence-electron chi connectivity index (χ2n) is 40.4. The molecule has 0 aromatic heterocycles. The summed E-state index contributed by atoms with van der Waals surface area (Å²) in [6.45, 7) is 28.4. The number of ether oxygens (including phenoxy) is 11. The number of aliphatic hydroxyl groups excluding tert-OH is 11. The minimum atomic E-state index is -6.18. The fraction of sp³-hybridized carbons (Fsp3) is 0.724. The molecule has 6 heterocycles. The highest BCUT2D eigenvalue weighted by Gasteiger charge is 2.60. The van der Waals surface area contributed by atoms with Gasteiger partial charge in [0.15, 0.2) is 37.7 Å². The van der Waals surface area contributed by atoms with Crippen LogP contribution in [0.15, 0.2) is 128 Å². The summed E-state index contributed by atoms with van der Waals surface area (Å²) >= 11 is 0. The quantitative estimate of drug-likeness (QED) is 0.0239. The molecule has 0 aromatic carbocycles. The molecule has 0 radical (unpaired) electrons. The van der Waals surface area contributed by atoms with Gasteiger partial charge in [0.25, 0.3) is 15.6 Å². The number of aliphatic hydroxyl groups is 11. The Morgan fingerprint density at radius 3 is 0.720 bits per heavy atom. The number of phosphoric acid groups is 2. The smallest absolute Gasteiger partial charge is 0.276 e. The van der Waals surface area contributed by atoms with E-state index in [4.69, 9.17) is 61.2 Å². The maximum Gasteiger partial charge on any atom is 0.276 e. The summed E-state index contributed by atoms with van der Waals surface area (Å²) in [5, 5.41) is 142. The Labute approximate surface area is 882 Å². The zero-order chi connectivity index (χ0) is 112. The van der Waals surface area contributed by atoms with Gasteiger partial charge in [0.1, 0.15) is 134 Å². The van der Waals surface area contributed by atoms with Gasteiger partial charge >= 0.3 is 0 Å². The second-order valence-corrected chi connectivity index (χ2v) is 43.3. The van der Waals surface area contributed by atoms with Crippen LogP contribution in [0.2, 0.25) is 0 Å². The van der Waals surface area contributed by atoms with E-state index in [1.807, 2.05) is 6.92 Å². The van der Waals surface area contributed by atoms with Gasteiger partial charge in [-0.25, -0.2) is 4.31 Å². The van der Waals surface area contributed by atoms with Gasteiger partial charge in [-0.2, -0.15) is 0 Å². The van der Waals surface area contributed by atoms with Gasteiger partial charge in [-0.3, -0.25) is 47.2 Å². The Bertz CT molecular complexity index is 4750. The topological polar surface area (TPSA) is 636 Å². The van der Waals surface area contributed by atoms with Crippen LogP contribution in [-0.4, -0.2) is 321 Å². The van der Waals surface area contributed by atoms with E-state index < -0.39 is 280 Å². The Kier molecular flexibility index (Phi) is 57.6. The van der Waals surface area contributed by atoms with E-state index >= 15 is 0 Å². The first-order chi connectivity index (χ1) is 70.7. The summed E-state index contributed by atoms with van der Waals surface area (Å²) in [5.41, 5.74) is 14.7. The first-order valence-electron chi connectivity index (χ1n) is 51.8. The highest BCUT2D eigenvalue weighted by molar-refractivity contribution is 7.59. The van der Waals surface area contributed by atoms with Crippen LogP contribution < -0.4 is 47.0 Å². The molecule has 6 aliphatic rings. The van der Waals surface area contributed by atoms with Gasteiger partial charge in [0.2, 0.25) is 41.4 Å². The van der Waals surface area contributed by atoms with E-state index in [1.54, 1.807) is 6.92 Å². The van der Waals surface area contributed by atoms with Crippen molar-refractivity contribution in [3.8, 4) is 0 Å². The van der Waals surface area contributed by atoms with Crippen LogP contribution in [0.5, 0.6) is 0 Å². The lowest BCUT2D eigenvalue weighted by Crippen LogP contribution is -2.73. The average Bonchev–Trinajstić information content (AvgIpc) is 0.770. The average molecular weight is 2170 g/mol. The van der Waals surface area contributed by atoms with Crippen molar-refractivity contribution in [2.75, 3.05) is 39.6 Å². The number of allylic oxidation sites excluding steroid dienone is 21. The monoisotopic (exact) mass is 2170 g/mol. The maximum atomic E-state index is 13.8. The second kappa shape index (κ2) is 65.7. The lowest BCUT2D eigenvalue weighted by Gasteiger charge is -2.52. The van der Waals surface area contributed by atoms with Crippen molar-refractivity contribution in [2.45, 2.75) is 451 Å². The Morgan fingerprint density at radius 2 is 0.480 bits per heavy atom. The number of nitrogens with one attached hydrogen (secondary N) is 7. The van der Waals surface area contributed by atoms with Gasteiger partial charge < -0.3 is 160 Å². The predicted octanol–water partition coefficient (Wildman–Crippen LogP) is 6.16. The molecule has 6 aliphatic heterocycles. The van der Waals surface area contributed by atoms with Gasteiger partial charge in [0.05, 0.1) is 51.8 Å². The lowest BCUT2D eigenvalue weighted by atomic mass is 9.92. The molecule has 45 heteroatoms. The third-order valence-corrected chi connectivity index (χ3v) is 29.2. The molecule has 7 amide bonds. The number of hydrogen-bond donors (Lipinski definition) is 18. The van der Waals surface area contributed by atoms with Crippen LogP contribution in [0.4, 0.5) is 0 Å². The summed E-state index contributed by atoms with van der Waals surface area (Å²) in [6, 6.07) is -12.4. The molecule has 6 saturated heterocycles. The lowest BCUT2D eigenvalue weighted by molar-refractivity contribution is -0.369. The molecule has 18 N–H and O–H groups in total.